The number of amides is 1. The molecule has 1 aromatic heterocycles. The number of aryl methyl sites for hydroxylation is 1. The van der Waals surface area contributed by atoms with Crippen LogP contribution in [0.15, 0.2) is 42.6 Å². The van der Waals surface area contributed by atoms with E-state index in [1.807, 2.05) is 20.8 Å². The second kappa shape index (κ2) is 11.2. The summed E-state index contributed by atoms with van der Waals surface area (Å²) in [5.74, 6) is -2.52. The summed E-state index contributed by atoms with van der Waals surface area (Å²) in [6, 6.07) is 9.65. The summed E-state index contributed by atoms with van der Waals surface area (Å²) in [5, 5.41) is 13.9. The van der Waals surface area contributed by atoms with E-state index in [1.165, 1.54) is 18.3 Å². The predicted octanol–water partition coefficient (Wildman–Crippen LogP) is 4.97. The third-order valence-electron chi connectivity index (χ3n) is 5.18. The van der Waals surface area contributed by atoms with E-state index in [0.29, 0.717) is 18.4 Å². The van der Waals surface area contributed by atoms with E-state index in [0.717, 1.165) is 15.6 Å². The number of rotatable bonds is 8. The van der Waals surface area contributed by atoms with E-state index in [-0.39, 0.29) is 40.2 Å². The van der Waals surface area contributed by atoms with Crippen LogP contribution in [-0.4, -0.2) is 41.4 Å². The molecule has 3 rings (SSSR count). The van der Waals surface area contributed by atoms with E-state index in [1.54, 1.807) is 26.0 Å². The molecule has 2 aromatic carbocycles. The molecule has 0 fully saturated rings. The number of hydrogen-bond donors (Lipinski definition) is 0. The summed E-state index contributed by atoms with van der Waals surface area (Å²) in [6.45, 7) is 9.22. The number of nitrogens with zero attached hydrogens (tertiary/aromatic N) is 4. The molecule has 0 aliphatic carbocycles. The van der Waals surface area contributed by atoms with Gasteiger partial charge in [-0.3, -0.25) is 14.5 Å². The van der Waals surface area contributed by atoms with Gasteiger partial charge in [0.05, 0.1) is 30.0 Å². The first-order valence-electron chi connectivity index (χ1n) is 11.6. The molecule has 194 valence electrons. The number of hydrogen-bond acceptors (Lipinski definition) is 6. The van der Waals surface area contributed by atoms with Gasteiger partial charge < -0.3 is 9.47 Å². The molecule has 1 amide bonds. The van der Waals surface area contributed by atoms with Gasteiger partial charge in [-0.1, -0.05) is 20.8 Å². The zero-order valence-electron chi connectivity index (χ0n) is 21.3. The number of halogens is 2. The van der Waals surface area contributed by atoms with Gasteiger partial charge in [-0.05, 0) is 49.6 Å². The summed E-state index contributed by atoms with van der Waals surface area (Å²) in [7, 11) is 0. The summed E-state index contributed by atoms with van der Waals surface area (Å²) < 4.78 is 39.6. The SMILES string of the molecule is CCOC(=O)CN(C(=O)c1cn(-c2ccc(F)cc2F)nc1C)c1ccc(OCC(C)(C)C)c(C#N)c1. The van der Waals surface area contributed by atoms with E-state index in [2.05, 4.69) is 11.2 Å². The van der Waals surface area contributed by atoms with Gasteiger partial charge in [0, 0.05) is 18.0 Å². The van der Waals surface area contributed by atoms with Crippen molar-refractivity contribution in [3.05, 3.63) is 71.1 Å². The third kappa shape index (κ3) is 6.70. The van der Waals surface area contributed by atoms with Gasteiger partial charge in [0.2, 0.25) is 0 Å². The van der Waals surface area contributed by atoms with E-state index >= 15 is 0 Å². The quantitative estimate of drug-likeness (QED) is 0.397. The minimum atomic E-state index is -0.852. The Bertz CT molecular complexity index is 1360. The van der Waals surface area contributed by atoms with Crippen molar-refractivity contribution in [1.82, 2.24) is 9.78 Å². The molecule has 10 heteroatoms. The summed E-state index contributed by atoms with van der Waals surface area (Å²) in [5.41, 5.74) is 0.598. The van der Waals surface area contributed by atoms with Crippen molar-refractivity contribution in [2.45, 2.75) is 34.6 Å². The van der Waals surface area contributed by atoms with Gasteiger partial charge in [0.15, 0.2) is 5.82 Å². The lowest BCUT2D eigenvalue weighted by Crippen LogP contribution is -2.37. The normalized spacial score (nSPS) is 11.1. The van der Waals surface area contributed by atoms with Crippen molar-refractivity contribution in [2.24, 2.45) is 5.41 Å². The van der Waals surface area contributed by atoms with Crippen molar-refractivity contribution in [2.75, 3.05) is 24.7 Å². The number of ether oxygens (including phenoxy) is 2. The first-order chi connectivity index (χ1) is 17.4. The van der Waals surface area contributed by atoms with Gasteiger partial charge >= 0.3 is 5.97 Å². The van der Waals surface area contributed by atoms with Gasteiger partial charge in [0.1, 0.15) is 29.9 Å². The highest BCUT2D eigenvalue weighted by atomic mass is 19.1. The van der Waals surface area contributed by atoms with E-state index < -0.39 is 30.1 Å². The summed E-state index contributed by atoms with van der Waals surface area (Å²) in [4.78, 5) is 27.2. The second-order valence-corrected chi connectivity index (χ2v) is 9.51. The van der Waals surface area contributed by atoms with Crippen LogP contribution in [0.1, 0.15) is 49.3 Å². The monoisotopic (exact) mass is 510 g/mol. The molecule has 37 heavy (non-hydrogen) atoms. The molecule has 0 atom stereocenters. The van der Waals surface area contributed by atoms with Crippen LogP contribution in [-0.2, 0) is 9.53 Å². The van der Waals surface area contributed by atoms with Crippen LogP contribution < -0.4 is 9.64 Å². The highest BCUT2D eigenvalue weighted by molar-refractivity contribution is 6.09. The highest BCUT2D eigenvalue weighted by Gasteiger charge is 2.26. The molecule has 0 unspecified atom stereocenters. The molecule has 0 bridgehead atoms. The Labute approximate surface area is 214 Å². The molecule has 8 nitrogen and oxygen atoms in total. The lowest BCUT2D eigenvalue weighted by atomic mass is 9.98. The first kappa shape index (κ1) is 27.3. The van der Waals surface area contributed by atoms with E-state index in [9.17, 15) is 23.6 Å². The van der Waals surface area contributed by atoms with Crippen molar-refractivity contribution < 1.29 is 27.8 Å². The Morgan fingerprint density at radius 1 is 1.16 bits per heavy atom. The Morgan fingerprint density at radius 2 is 1.89 bits per heavy atom. The highest BCUT2D eigenvalue weighted by Crippen LogP contribution is 2.28. The maximum Gasteiger partial charge on any atom is 0.326 e. The molecule has 0 aliphatic heterocycles. The van der Waals surface area contributed by atoms with Gasteiger partial charge in [-0.25, -0.2) is 13.5 Å². The third-order valence-corrected chi connectivity index (χ3v) is 5.18. The Hall–Kier alpha value is -4.26. The zero-order chi connectivity index (χ0) is 27.3. The molecule has 0 spiro atoms. The average Bonchev–Trinajstić information content (AvgIpc) is 3.21. The topological polar surface area (TPSA) is 97.5 Å². The Balaban J connectivity index is 2.01. The number of esters is 1. The summed E-state index contributed by atoms with van der Waals surface area (Å²) in [6.07, 6.45) is 1.30. The molecule has 0 saturated carbocycles. The van der Waals surface area contributed by atoms with Crippen LogP contribution in [0, 0.1) is 35.3 Å². The minimum Gasteiger partial charge on any atom is -0.492 e. The number of carbonyl (C=O) groups excluding carboxylic acids is 2. The molecule has 3 aromatic rings. The van der Waals surface area contributed by atoms with Crippen LogP contribution in [0.2, 0.25) is 0 Å². The Kier molecular flexibility index (Phi) is 8.28. The lowest BCUT2D eigenvalue weighted by molar-refractivity contribution is -0.141. The number of benzene rings is 2. The van der Waals surface area contributed by atoms with Gasteiger partial charge in [-0.2, -0.15) is 10.4 Å². The van der Waals surface area contributed by atoms with Gasteiger partial charge in [-0.15, -0.1) is 0 Å². The fraction of sp³-hybridized carbons (Fsp3) is 0.333. The molecular formula is C27H28F2N4O4. The van der Waals surface area contributed by atoms with Gasteiger partial charge in [0.25, 0.3) is 5.91 Å². The standard InChI is InChI=1S/C27H28F2N4O4/c1-6-36-25(34)15-32(20-8-10-24(18(11-20)13-30)37-16-27(3,4)5)26(35)21-14-33(31-17(21)2)23-9-7-19(28)12-22(23)29/h7-12,14H,6,15-16H2,1-5H3. The van der Waals surface area contributed by atoms with Crippen molar-refractivity contribution in [3.8, 4) is 17.5 Å². The fourth-order valence-corrected chi connectivity index (χ4v) is 3.42. The first-order valence-corrected chi connectivity index (χ1v) is 11.6. The van der Waals surface area contributed by atoms with Crippen molar-refractivity contribution in [3.63, 3.8) is 0 Å². The number of anilines is 1. The fourth-order valence-electron chi connectivity index (χ4n) is 3.42. The summed E-state index contributed by atoms with van der Waals surface area (Å²) >= 11 is 0. The largest absolute Gasteiger partial charge is 0.492 e. The van der Waals surface area contributed by atoms with Crippen molar-refractivity contribution in [1.29, 1.82) is 5.26 Å². The van der Waals surface area contributed by atoms with Crippen LogP contribution in [0.5, 0.6) is 5.75 Å². The Morgan fingerprint density at radius 3 is 2.51 bits per heavy atom. The zero-order valence-corrected chi connectivity index (χ0v) is 21.3. The van der Waals surface area contributed by atoms with Crippen LogP contribution in [0.25, 0.3) is 5.69 Å². The molecule has 0 aliphatic rings. The number of carbonyl (C=O) groups is 2. The smallest absolute Gasteiger partial charge is 0.326 e. The lowest BCUT2D eigenvalue weighted by Gasteiger charge is -2.23. The maximum atomic E-state index is 14.3. The minimum absolute atomic E-state index is 0.0485. The van der Waals surface area contributed by atoms with Crippen LogP contribution in [0.3, 0.4) is 0 Å². The second-order valence-electron chi connectivity index (χ2n) is 9.51. The molecular weight excluding hydrogens is 482 g/mol. The van der Waals surface area contributed by atoms with Crippen molar-refractivity contribution >= 4 is 17.6 Å². The molecule has 0 saturated heterocycles. The van der Waals surface area contributed by atoms with E-state index in [4.69, 9.17) is 9.47 Å². The molecule has 0 N–H and O–H groups in total. The number of nitriles is 1. The number of aromatic nitrogens is 2. The van der Waals surface area contributed by atoms with Crippen LogP contribution in [0.4, 0.5) is 14.5 Å². The molecule has 1 heterocycles. The predicted molar refractivity (Wildman–Crippen MR) is 133 cm³/mol. The average molecular weight is 511 g/mol. The molecule has 0 radical (unpaired) electrons. The van der Waals surface area contributed by atoms with Crippen LogP contribution >= 0.6 is 0 Å². The maximum absolute atomic E-state index is 14.3.